The molecule has 4 aliphatic rings. The monoisotopic (exact) mass is 378 g/mol. The van der Waals surface area contributed by atoms with Crippen molar-refractivity contribution in [3.05, 3.63) is 12.2 Å². The molecule has 1 saturated heterocycles. The summed E-state index contributed by atoms with van der Waals surface area (Å²) >= 11 is 0. The van der Waals surface area contributed by atoms with Crippen LogP contribution in [-0.2, 0) is 14.0 Å². The topological polar surface area (TPSA) is 59.1 Å². The lowest BCUT2D eigenvalue weighted by Gasteiger charge is -2.49. The van der Waals surface area contributed by atoms with Crippen molar-refractivity contribution in [2.45, 2.75) is 107 Å². The van der Waals surface area contributed by atoms with Gasteiger partial charge in [-0.1, -0.05) is 33.8 Å². The molecule has 5 atom stereocenters. The predicted octanol–water partition coefficient (Wildman–Crippen LogP) is 4.13. The molecule has 0 radical (unpaired) electrons. The first-order valence-corrected chi connectivity index (χ1v) is 13.1. The van der Waals surface area contributed by atoms with Gasteiger partial charge in [0, 0.05) is 5.41 Å². The van der Waals surface area contributed by atoms with Gasteiger partial charge in [0.15, 0.2) is 19.7 Å². The summed E-state index contributed by atoms with van der Waals surface area (Å²) in [5, 5.41) is 11.6. The third kappa shape index (κ3) is 1.98. The molecule has 1 aliphatic heterocycles. The van der Waals surface area contributed by atoms with Crippen molar-refractivity contribution in [1.29, 1.82) is 0 Å². The first-order chi connectivity index (χ1) is 11.9. The Morgan fingerprint density at radius 3 is 2.58 bits per heavy atom. The van der Waals surface area contributed by atoms with Gasteiger partial charge < -0.3 is 14.3 Å². The van der Waals surface area contributed by atoms with Crippen molar-refractivity contribution in [1.82, 2.24) is 0 Å². The average molecular weight is 379 g/mol. The van der Waals surface area contributed by atoms with E-state index in [9.17, 15) is 9.90 Å². The van der Waals surface area contributed by atoms with E-state index >= 15 is 0 Å². The molecule has 0 aromatic heterocycles. The van der Waals surface area contributed by atoms with Gasteiger partial charge >= 0.3 is 0 Å². The molecule has 1 N–H and O–H groups in total. The minimum Gasteiger partial charge on any atom is -0.413 e. The Bertz CT molecular complexity index is 680. The number of rotatable bonds is 2. The van der Waals surface area contributed by atoms with Crippen LogP contribution in [0.5, 0.6) is 0 Å². The van der Waals surface area contributed by atoms with Crippen LogP contribution in [0.15, 0.2) is 12.2 Å². The summed E-state index contributed by atoms with van der Waals surface area (Å²) in [4.78, 5) is 13.0. The van der Waals surface area contributed by atoms with Crippen LogP contribution in [0.25, 0.3) is 0 Å². The Morgan fingerprint density at radius 2 is 1.92 bits per heavy atom. The molecule has 26 heavy (non-hydrogen) atoms. The van der Waals surface area contributed by atoms with Gasteiger partial charge in [-0.2, -0.15) is 0 Å². The molecule has 0 bridgehead atoms. The quantitative estimate of drug-likeness (QED) is 0.580. The minimum absolute atomic E-state index is 0.0311. The van der Waals surface area contributed by atoms with E-state index in [1.165, 1.54) is 0 Å². The molecule has 5 heteroatoms. The van der Waals surface area contributed by atoms with E-state index in [1.54, 1.807) is 6.08 Å². The number of aliphatic hydroxyl groups is 1. The zero-order chi connectivity index (χ0) is 19.2. The smallest absolute Gasteiger partial charge is 0.193 e. The van der Waals surface area contributed by atoms with Gasteiger partial charge in [-0.3, -0.25) is 4.79 Å². The van der Waals surface area contributed by atoms with E-state index in [0.717, 1.165) is 25.7 Å². The molecule has 146 valence electrons. The Labute approximate surface area is 158 Å². The fourth-order valence-corrected chi connectivity index (χ4v) is 7.23. The number of allylic oxidation sites excluding steroid dienone is 1. The van der Waals surface area contributed by atoms with Crippen LogP contribution < -0.4 is 0 Å². The maximum absolute atomic E-state index is 13.0. The normalized spacial score (nSPS) is 47.8. The Kier molecular flexibility index (Phi) is 3.70. The van der Waals surface area contributed by atoms with Crippen molar-refractivity contribution in [2.24, 2.45) is 5.41 Å². The number of epoxide rings is 1. The summed E-state index contributed by atoms with van der Waals surface area (Å²) in [6.45, 7) is 13.6. The molecule has 0 unspecified atom stereocenters. The number of carbonyl (C=O) groups excluding carboxylic acids is 1. The van der Waals surface area contributed by atoms with Crippen LogP contribution in [0.3, 0.4) is 0 Å². The number of ketones is 1. The molecule has 4 rings (SSSR count). The number of ether oxygens (including phenoxy) is 1. The molecule has 1 heterocycles. The van der Waals surface area contributed by atoms with Gasteiger partial charge in [0.25, 0.3) is 0 Å². The Morgan fingerprint density at radius 1 is 1.23 bits per heavy atom. The molecule has 0 aromatic carbocycles. The van der Waals surface area contributed by atoms with Gasteiger partial charge in [0.05, 0.1) is 6.10 Å². The average Bonchev–Trinajstić information content (AvgIpc) is 3.19. The summed E-state index contributed by atoms with van der Waals surface area (Å²) in [5.74, 6) is -0.0311. The fraction of sp³-hybridized carbons (Fsp3) is 0.857. The highest BCUT2D eigenvalue weighted by atomic mass is 28.4. The lowest BCUT2D eigenvalue weighted by molar-refractivity contribution is -0.136. The molecule has 0 aromatic rings. The number of hydrogen-bond acceptors (Lipinski definition) is 4. The third-order valence-electron chi connectivity index (χ3n) is 8.54. The molecule has 0 amide bonds. The van der Waals surface area contributed by atoms with Crippen molar-refractivity contribution >= 4 is 14.1 Å². The first kappa shape index (κ1) is 18.9. The maximum atomic E-state index is 13.0. The van der Waals surface area contributed by atoms with Crippen LogP contribution in [0.2, 0.25) is 18.1 Å². The summed E-state index contributed by atoms with van der Waals surface area (Å²) < 4.78 is 13.2. The van der Waals surface area contributed by atoms with Crippen LogP contribution in [0.1, 0.15) is 66.2 Å². The maximum Gasteiger partial charge on any atom is 0.193 e. The zero-order valence-corrected chi connectivity index (χ0v) is 18.1. The highest BCUT2D eigenvalue weighted by molar-refractivity contribution is 6.74. The van der Waals surface area contributed by atoms with Crippen molar-refractivity contribution in [2.75, 3.05) is 0 Å². The van der Waals surface area contributed by atoms with E-state index in [1.807, 2.05) is 6.08 Å². The van der Waals surface area contributed by atoms with Crippen molar-refractivity contribution in [3.8, 4) is 0 Å². The Hall–Kier alpha value is -0.493. The number of hydrogen-bond donors (Lipinski definition) is 1. The molecular formula is C21H34O4Si. The van der Waals surface area contributed by atoms with Crippen LogP contribution in [-0.4, -0.2) is 42.1 Å². The van der Waals surface area contributed by atoms with E-state index in [4.69, 9.17) is 9.16 Å². The van der Waals surface area contributed by atoms with Gasteiger partial charge in [-0.15, -0.1) is 0 Å². The van der Waals surface area contributed by atoms with Crippen molar-refractivity contribution in [3.63, 3.8) is 0 Å². The largest absolute Gasteiger partial charge is 0.413 e. The van der Waals surface area contributed by atoms with Crippen molar-refractivity contribution < 1.29 is 19.1 Å². The van der Waals surface area contributed by atoms with E-state index in [-0.39, 0.29) is 22.3 Å². The van der Waals surface area contributed by atoms with E-state index in [0.29, 0.717) is 12.8 Å². The fourth-order valence-electron chi connectivity index (χ4n) is 5.79. The predicted molar refractivity (Wildman–Crippen MR) is 104 cm³/mol. The Balaban J connectivity index is 1.71. The second-order valence-corrected chi connectivity index (χ2v) is 15.5. The standard InChI is InChI=1S/C21H34O4Si/c1-17(2,3)26(5,6)24-16-10-12-20-18(16,4)13-14-19(23)11-8-7-9-15(22)21(19,20)25-20/h7,9,16,23H,8,10-14H2,1-6H3/t16-,18+,19-,20+,21-/m0/s1. The van der Waals surface area contributed by atoms with Gasteiger partial charge in [0.2, 0.25) is 0 Å². The second-order valence-electron chi connectivity index (χ2n) is 10.8. The van der Waals surface area contributed by atoms with Gasteiger partial charge in [-0.05, 0) is 62.7 Å². The summed E-state index contributed by atoms with van der Waals surface area (Å²) in [6, 6.07) is 0. The SMILES string of the molecule is CC(C)(C)[Si](C)(C)O[C@H]1CC[C@]23O[C@]24C(=O)C=CCC[C@]4(O)CC[C@]13C. The molecule has 2 spiro atoms. The summed E-state index contributed by atoms with van der Waals surface area (Å²) in [5.41, 5.74) is -2.82. The highest BCUT2D eigenvalue weighted by Crippen LogP contribution is 2.76. The van der Waals surface area contributed by atoms with Crippen LogP contribution in [0.4, 0.5) is 0 Å². The molecule has 2 saturated carbocycles. The molecule has 3 aliphatic carbocycles. The zero-order valence-electron chi connectivity index (χ0n) is 17.1. The molecular weight excluding hydrogens is 344 g/mol. The lowest BCUT2D eigenvalue weighted by Crippen LogP contribution is -2.62. The van der Waals surface area contributed by atoms with E-state index < -0.39 is 25.1 Å². The van der Waals surface area contributed by atoms with Crippen LogP contribution >= 0.6 is 0 Å². The summed E-state index contributed by atoms with van der Waals surface area (Å²) in [6.07, 6.45) is 8.22. The first-order valence-electron chi connectivity index (χ1n) is 10.2. The van der Waals surface area contributed by atoms with E-state index in [2.05, 4.69) is 40.8 Å². The van der Waals surface area contributed by atoms with Gasteiger partial charge in [0.1, 0.15) is 11.2 Å². The van der Waals surface area contributed by atoms with Crippen LogP contribution in [0, 0.1) is 5.41 Å². The molecule has 4 nitrogen and oxygen atoms in total. The lowest BCUT2D eigenvalue weighted by atomic mass is 9.56. The minimum atomic E-state index is -1.92. The van der Waals surface area contributed by atoms with Gasteiger partial charge in [-0.25, -0.2) is 0 Å². The number of carbonyl (C=O) groups is 1. The third-order valence-corrected chi connectivity index (χ3v) is 13.0. The second kappa shape index (κ2) is 5.10. The summed E-state index contributed by atoms with van der Waals surface area (Å²) in [7, 11) is -1.92. The molecule has 3 fully saturated rings. The highest BCUT2D eigenvalue weighted by Gasteiger charge is 2.90.